The number of esters is 2. The first kappa shape index (κ1) is 13.4. The molecule has 0 spiro atoms. The molecule has 1 aliphatic heterocycles. The van der Waals surface area contributed by atoms with Gasteiger partial charge in [-0.2, -0.15) is 0 Å². The first-order valence-corrected chi connectivity index (χ1v) is 6.14. The van der Waals surface area contributed by atoms with Crippen molar-refractivity contribution in [2.75, 3.05) is 20.3 Å². The molecule has 2 atom stereocenters. The Kier molecular flexibility index (Phi) is 4.04. The molecule has 0 unspecified atom stereocenters. The number of hydrogen-bond donors (Lipinski definition) is 0. The van der Waals surface area contributed by atoms with E-state index in [1.54, 1.807) is 26.2 Å². The van der Waals surface area contributed by atoms with Crippen molar-refractivity contribution in [3.05, 3.63) is 29.8 Å². The standard InChI is InChI=1S/C14H16O5/c1-3-18-13(15)12-11(8-19-14(12)16)9-4-6-10(17-2)7-5-9/h4-7,11-12H,3,8H2,1-2H3/t11-,12-/m1/s1. The van der Waals surface area contributed by atoms with Crippen molar-refractivity contribution in [1.29, 1.82) is 0 Å². The summed E-state index contributed by atoms with van der Waals surface area (Å²) in [6.45, 7) is 2.16. The highest BCUT2D eigenvalue weighted by Gasteiger charge is 2.44. The smallest absolute Gasteiger partial charge is 0.321 e. The van der Waals surface area contributed by atoms with Crippen LogP contribution in [0.25, 0.3) is 0 Å². The van der Waals surface area contributed by atoms with Crippen LogP contribution in [-0.4, -0.2) is 32.3 Å². The average Bonchev–Trinajstić information content (AvgIpc) is 2.81. The Labute approximate surface area is 111 Å². The summed E-state index contributed by atoms with van der Waals surface area (Å²) < 4.78 is 15.0. The van der Waals surface area contributed by atoms with Gasteiger partial charge in [0.25, 0.3) is 0 Å². The van der Waals surface area contributed by atoms with Gasteiger partial charge in [-0.25, -0.2) is 0 Å². The van der Waals surface area contributed by atoms with Crippen molar-refractivity contribution in [3.63, 3.8) is 0 Å². The molecule has 2 rings (SSSR count). The molecule has 0 aromatic heterocycles. The predicted octanol–water partition coefficient (Wildman–Crippen LogP) is 1.51. The van der Waals surface area contributed by atoms with E-state index >= 15 is 0 Å². The minimum atomic E-state index is -0.867. The minimum Gasteiger partial charge on any atom is -0.497 e. The van der Waals surface area contributed by atoms with Gasteiger partial charge in [-0.15, -0.1) is 0 Å². The average molecular weight is 264 g/mol. The van der Waals surface area contributed by atoms with Crippen LogP contribution in [0.3, 0.4) is 0 Å². The van der Waals surface area contributed by atoms with E-state index in [4.69, 9.17) is 14.2 Å². The van der Waals surface area contributed by atoms with Crippen molar-refractivity contribution in [2.45, 2.75) is 12.8 Å². The summed E-state index contributed by atoms with van der Waals surface area (Å²) in [6, 6.07) is 7.25. The molecule has 5 nitrogen and oxygen atoms in total. The lowest BCUT2D eigenvalue weighted by Crippen LogP contribution is -2.26. The van der Waals surface area contributed by atoms with E-state index in [0.717, 1.165) is 11.3 Å². The maximum Gasteiger partial charge on any atom is 0.321 e. The van der Waals surface area contributed by atoms with E-state index in [1.165, 1.54) is 0 Å². The van der Waals surface area contributed by atoms with Gasteiger partial charge in [-0.05, 0) is 24.6 Å². The quantitative estimate of drug-likeness (QED) is 0.609. The number of benzene rings is 1. The monoisotopic (exact) mass is 264 g/mol. The zero-order valence-corrected chi connectivity index (χ0v) is 10.9. The summed E-state index contributed by atoms with van der Waals surface area (Å²) in [5.41, 5.74) is 0.865. The molecule has 0 N–H and O–H groups in total. The second-order valence-corrected chi connectivity index (χ2v) is 4.24. The Hall–Kier alpha value is -2.04. The highest BCUT2D eigenvalue weighted by molar-refractivity contribution is 5.97. The first-order valence-electron chi connectivity index (χ1n) is 6.14. The summed E-state index contributed by atoms with van der Waals surface area (Å²) in [6.07, 6.45) is 0. The highest BCUT2D eigenvalue weighted by Crippen LogP contribution is 2.33. The van der Waals surface area contributed by atoms with Crippen molar-refractivity contribution in [3.8, 4) is 5.75 Å². The van der Waals surface area contributed by atoms with Crippen molar-refractivity contribution >= 4 is 11.9 Å². The van der Waals surface area contributed by atoms with E-state index in [1.807, 2.05) is 12.1 Å². The van der Waals surface area contributed by atoms with Crippen LogP contribution in [0.2, 0.25) is 0 Å². The second-order valence-electron chi connectivity index (χ2n) is 4.24. The maximum absolute atomic E-state index is 11.8. The molecule has 1 aliphatic rings. The van der Waals surface area contributed by atoms with E-state index in [-0.39, 0.29) is 19.1 Å². The molecule has 0 radical (unpaired) electrons. The highest BCUT2D eigenvalue weighted by atomic mass is 16.6. The first-order chi connectivity index (χ1) is 9.17. The lowest BCUT2D eigenvalue weighted by Gasteiger charge is -2.14. The molecule has 1 aromatic carbocycles. The third-order valence-electron chi connectivity index (χ3n) is 3.15. The van der Waals surface area contributed by atoms with E-state index in [2.05, 4.69) is 0 Å². The van der Waals surface area contributed by atoms with Crippen LogP contribution in [0.15, 0.2) is 24.3 Å². The van der Waals surface area contributed by atoms with Gasteiger partial charge in [0, 0.05) is 5.92 Å². The molecule has 0 saturated carbocycles. The maximum atomic E-state index is 11.8. The lowest BCUT2D eigenvalue weighted by atomic mass is 9.88. The van der Waals surface area contributed by atoms with Crippen LogP contribution in [-0.2, 0) is 19.1 Å². The second kappa shape index (κ2) is 5.73. The molecule has 102 valence electrons. The molecule has 0 amide bonds. The molecule has 1 saturated heterocycles. The van der Waals surface area contributed by atoms with Gasteiger partial charge >= 0.3 is 11.9 Å². The SMILES string of the molecule is CCOC(=O)[C@@H]1C(=O)OC[C@@H]1c1ccc(OC)cc1. The van der Waals surface area contributed by atoms with Gasteiger partial charge in [0.15, 0.2) is 5.92 Å². The number of carbonyl (C=O) groups excluding carboxylic acids is 2. The summed E-state index contributed by atoms with van der Waals surface area (Å²) in [7, 11) is 1.58. The van der Waals surface area contributed by atoms with Gasteiger partial charge in [-0.3, -0.25) is 9.59 Å². The predicted molar refractivity (Wildman–Crippen MR) is 66.8 cm³/mol. The fraction of sp³-hybridized carbons (Fsp3) is 0.429. The van der Waals surface area contributed by atoms with E-state index in [9.17, 15) is 9.59 Å². The van der Waals surface area contributed by atoms with Gasteiger partial charge in [0.1, 0.15) is 5.75 Å². The number of carbonyl (C=O) groups is 2. The van der Waals surface area contributed by atoms with Gasteiger partial charge in [0.05, 0.1) is 20.3 Å². The summed E-state index contributed by atoms with van der Waals surface area (Å²) in [4.78, 5) is 23.5. The van der Waals surface area contributed by atoms with E-state index in [0.29, 0.717) is 0 Å². The number of rotatable bonds is 4. The molecule has 1 heterocycles. The van der Waals surface area contributed by atoms with Gasteiger partial charge in [-0.1, -0.05) is 12.1 Å². The molecular weight excluding hydrogens is 248 g/mol. The molecular formula is C14H16O5. The van der Waals surface area contributed by atoms with Crippen LogP contribution in [0, 0.1) is 5.92 Å². The Balaban J connectivity index is 2.21. The normalized spacial score (nSPS) is 21.9. The molecule has 1 aromatic rings. The molecule has 0 aliphatic carbocycles. The minimum absolute atomic E-state index is 0.203. The topological polar surface area (TPSA) is 61.8 Å². The molecule has 1 fully saturated rings. The van der Waals surface area contributed by atoms with Crippen LogP contribution in [0.1, 0.15) is 18.4 Å². The number of methoxy groups -OCH3 is 1. The fourth-order valence-electron chi connectivity index (χ4n) is 2.15. The Morgan fingerprint density at radius 2 is 2.05 bits per heavy atom. The zero-order chi connectivity index (χ0) is 13.8. The summed E-state index contributed by atoms with van der Waals surface area (Å²) >= 11 is 0. The Morgan fingerprint density at radius 3 is 2.63 bits per heavy atom. The van der Waals surface area contributed by atoms with Crippen LogP contribution >= 0.6 is 0 Å². The summed E-state index contributed by atoms with van der Waals surface area (Å²) in [5, 5.41) is 0. The lowest BCUT2D eigenvalue weighted by molar-refractivity contribution is -0.155. The largest absolute Gasteiger partial charge is 0.497 e. The summed E-state index contributed by atoms with van der Waals surface area (Å²) in [5.74, 6) is -1.47. The number of cyclic esters (lactones) is 1. The van der Waals surface area contributed by atoms with Crippen LogP contribution in [0.5, 0.6) is 5.75 Å². The molecule has 5 heteroatoms. The van der Waals surface area contributed by atoms with Crippen LogP contribution < -0.4 is 4.74 Å². The van der Waals surface area contributed by atoms with Crippen molar-refractivity contribution in [2.24, 2.45) is 5.92 Å². The molecule has 0 bridgehead atoms. The Bertz CT molecular complexity index is 465. The van der Waals surface area contributed by atoms with Crippen molar-refractivity contribution in [1.82, 2.24) is 0 Å². The van der Waals surface area contributed by atoms with Crippen molar-refractivity contribution < 1.29 is 23.8 Å². The third-order valence-corrected chi connectivity index (χ3v) is 3.15. The van der Waals surface area contributed by atoms with Gasteiger partial charge in [0.2, 0.25) is 0 Å². The van der Waals surface area contributed by atoms with Gasteiger partial charge < -0.3 is 14.2 Å². The Morgan fingerprint density at radius 1 is 1.37 bits per heavy atom. The number of hydrogen-bond acceptors (Lipinski definition) is 5. The third kappa shape index (κ3) is 2.70. The van der Waals surface area contributed by atoms with E-state index < -0.39 is 17.9 Å². The molecule has 19 heavy (non-hydrogen) atoms. The zero-order valence-electron chi connectivity index (χ0n) is 10.9. The van der Waals surface area contributed by atoms with Crippen LogP contribution in [0.4, 0.5) is 0 Å². The number of ether oxygens (including phenoxy) is 3. The fourth-order valence-corrected chi connectivity index (χ4v) is 2.15.